The molecule has 164 valence electrons. The van der Waals surface area contributed by atoms with Crippen LogP contribution in [-0.4, -0.2) is 19.9 Å². The van der Waals surface area contributed by atoms with Crippen LogP contribution < -0.4 is 21.4 Å². The maximum absolute atomic E-state index is 3.66. The van der Waals surface area contributed by atoms with E-state index in [9.17, 15) is 0 Å². The van der Waals surface area contributed by atoms with Crippen molar-refractivity contribution < 1.29 is 0 Å². The summed E-state index contributed by atoms with van der Waals surface area (Å²) in [6, 6.07) is 0. The van der Waals surface area contributed by atoms with Crippen LogP contribution in [0, 0.1) is 55.4 Å². The third kappa shape index (κ3) is 2.97. The topological polar surface area (TPSA) is 63.2 Å². The highest BCUT2D eigenvalue weighted by Crippen LogP contribution is 2.20. The molecule has 4 aromatic rings. The number of hydrogen-bond donors (Lipinski definition) is 4. The van der Waals surface area contributed by atoms with E-state index in [4.69, 9.17) is 0 Å². The molecule has 1 aliphatic rings. The summed E-state index contributed by atoms with van der Waals surface area (Å²) in [6.07, 6.45) is 8.98. The van der Waals surface area contributed by atoms with E-state index in [0.717, 1.165) is 44.2 Å². The van der Waals surface area contributed by atoms with Crippen molar-refractivity contribution in [3.05, 3.63) is 88.7 Å². The first-order valence-corrected chi connectivity index (χ1v) is 11.3. The van der Waals surface area contributed by atoms with Gasteiger partial charge in [-0.3, -0.25) is 0 Å². The Kier molecular flexibility index (Phi) is 4.52. The van der Waals surface area contributed by atoms with Crippen LogP contribution in [0.3, 0.4) is 0 Å². The van der Waals surface area contributed by atoms with E-state index in [1.807, 2.05) is 0 Å². The maximum atomic E-state index is 3.66. The standard InChI is InChI=1S/C28H32N4/c1-13-14(2)22-10-24-17(5)18(6)26(31-24)12-28-20(8)19(7)27(32-28)11-25-16(4)15(3)23(30-25)9-21(13)29-22/h9-12,29-32H,1-8H3. The average molecular weight is 425 g/mol. The summed E-state index contributed by atoms with van der Waals surface area (Å²) in [5.74, 6) is 0. The van der Waals surface area contributed by atoms with Gasteiger partial charge in [0.1, 0.15) is 0 Å². The van der Waals surface area contributed by atoms with Crippen molar-refractivity contribution in [2.45, 2.75) is 55.4 Å². The highest BCUT2D eigenvalue weighted by atomic mass is 14.8. The molecule has 4 nitrogen and oxygen atoms in total. The molecule has 8 bridgehead atoms. The van der Waals surface area contributed by atoms with Crippen LogP contribution in [-0.2, 0) is 0 Å². The molecule has 0 amide bonds. The Balaban J connectivity index is 1.95. The molecule has 0 saturated carbocycles. The van der Waals surface area contributed by atoms with E-state index < -0.39 is 0 Å². The predicted octanol–water partition coefficient (Wildman–Crippen LogP) is 3.09. The van der Waals surface area contributed by atoms with Crippen LogP contribution in [0.1, 0.15) is 67.3 Å². The largest absolute Gasteiger partial charge is 0.355 e. The lowest BCUT2D eigenvalue weighted by atomic mass is 10.1. The molecule has 4 aromatic heterocycles. The molecule has 0 unspecified atom stereocenters. The monoisotopic (exact) mass is 424 g/mol. The Morgan fingerprint density at radius 1 is 0.312 bits per heavy atom. The fourth-order valence-corrected chi connectivity index (χ4v) is 4.68. The van der Waals surface area contributed by atoms with E-state index in [0.29, 0.717) is 0 Å². The number of hydrogen-bond acceptors (Lipinski definition) is 0. The van der Waals surface area contributed by atoms with Gasteiger partial charge in [0, 0.05) is 44.2 Å². The molecule has 0 saturated heterocycles. The third-order valence-electron chi connectivity index (χ3n) is 7.71. The Labute approximate surface area is 188 Å². The quantitative estimate of drug-likeness (QED) is 0.295. The maximum Gasteiger partial charge on any atom is 0.0438 e. The van der Waals surface area contributed by atoms with Gasteiger partial charge in [-0.05, 0) is 124 Å². The number of nitrogens with one attached hydrogen (secondary N) is 4. The molecule has 0 aliphatic carbocycles. The van der Waals surface area contributed by atoms with Crippen molar-refractivity contribution in [3.8, 4) is 0 Å². The molecule has 0 fully saturated rings. The number of aromatic amines is 4. The van der Waals surface area contributed by atoms with Crippen LogP contribution >= 0.6 is 0 Å². The summed E-state index contributed by atoms with van der Waals surface area (Å²) in [7, 11) is 0. The van der Waals surface area contributed by atoms with E-state index in [1.54, 1.807) is 0 Å². The third-order valence-corrected chi connectivity index (χ3v) is 7.71. The van der Waals surface area contributed by atoms with Gasteiger partial charge < -0.3 is 19.9 Å². The Morgan fingerprint density at radius 2 is 0.531 bits per heavy atom. The highest BCUT2D eigenvalue weighted by molar-refractivity contribution is 5.64. The van der Waals surface area contributed by atoms with Crippen molar-refractivity contribution in [1.29, 1.82) is 0 Å². The average Bonchev–Trinajstić information content (AvgIpc) is 3.37. The lowest BCUT2D eigenvalue weighted by Gasteiger charge is -1.93. The normalized spacial score (nSPS) is 12.8. The second kappa shape index (κ2) is 7.06. The van der Waals surface area contributed by atoms with E-state index in [2.05, 4.69) is 99.6 Å². The van der Waals surface area contributed by atoms with Crippen LogP contribution in [0.5, 0.6) is 0 Å². The zero-order valence-corrected chi connectivity index (χ0v) is 20.3. The molecule has 32 heavy (non-hydrogen) atoms. The van der Waals surface area contributed by atoms with Crippen LogP contribution in [0.25, 0.3) is 24.3 Å². The zero-order chi connectivity index (χ0) is 22.9. The van der Waals surface area contributed by atoms with Crippen molar-refractivity contribution in [2.24, 2.45) is 0 Å². The van der Waals surface area contributed by atoms with Gasteiger partial charge in [-0.25, -0.2) is 0 Å². The highest BCUT2D eigenvalue weighted by Gasteiger charge is 2.12. The van der Waals surface area contributed by atoms with Crippen LogP contribution in [0.4, 0.5) is 0 Å². The molecular formula is C28H32N4. The van der Waals surface area contributed by atoms with Gasteiger partial charge in [-0.15, -0.1) is 0 Å². The van der Waals surface area contributed by atoms with E-state index in [-0.39, 0.29) is 0 Å². The number of aromatic nitrogens is 4. The fraction of sp³-hybridized carbons (Fsp3) is 0.286. The Morgan fingerprint density at radius 3 is 0.750 bits per heavy atom. The first-order valence-electron chi connectivity index (χ1n) is 11.3. The number of fused-ring (bicyclic) bond motifs is 8. The van der Waals surface area contributed by atoms with E-state index >= 15 is 0 Å². The Bertz CT molecular complexity index is 1400. The molecule has 0 radical (unpaired) electrons. The zero-order valence-electron chi connectivity index (χ0n) is 20.3. The summed E-state index contributed by atoms with van der Waals surface area (Å²) in [5.41, 5.74) is 14.9. The first-order chi connectivity index (χ1) is 15.2. The molecule has 0 spiro atoms. The van der Waals surface area contributed by atoms with Crippen molar-refractivity contribution in [2.75, 3.05) is 0 Å². The van der Waals surface area contributed by atoms with Gasteiger partial charge in [-0.2, -0.15) is 0 Å². The smallest absolute Gasteiger partial charge is 0.0438 e. The van der Waals surface area contributed by atoms with Crippen LogP contribution in [0.15, 0.2) is 0 Å². The van der Waals surface area contributed by atoms with Gasteiger partial charge in [0.25, 0.3) is 0 Å². The van der Waals surface area contributed by atoms with Gasteiger partial charge in [-0.1, -0.05) is 0 Å². The molecular weight excluding hydrogens is 392 g/mol. The fourth-order valence-electron chi connectivity index (χ4n) is 4.68. The second-order valence-electron chi connectivity index (χ2n) is 9.39. The molecule has 0 aromatic carbocycles. The van der Waals surface area contributed by atoms with Gasteiger partial charge in [0.05, 0.1) is 0 Å². The summed E-state index contributed by atoms with van der Waals surface area (Å²) in [5, 5.41) is 4.61. The van der Waals surface area contributed by atoms with E-state index in [1.165, 1.54) is 44.5 Å². The predicted molar refractivity (Wildman–Crippen MR) is 134 cm³/mol. The summed E-state index contributed by atoms with van der Waals surface area (Å²) in [6.45, 7) is 17.6. The lowest BCUT2D eigenvalue weighted by Crippen LogP contribution is -2.12. The molecule has 0 atom stereocenters. The van der Waals surface area contributed by atoms with Crippen molar-refractivity contribution in [3.63, 3.8) is 0 Å². The first kappa shape index (κ1) is 20.5. The van der Waals surface area contributed by atoms with Crippen molar-refractivity contribution >= 4 is 24.3 Å². The number of H-pyrrole nitrogens is 4. The molecule has 5 rings (SSSR count). The summed E-state index contributed by atoms with van der Waals surface area (Å²) in [4.78, 5) is 14.7. The second-order valence-corrected chi connectivity index (χ2v) is 9.39. The van der Waals surface area contributed by atoms with Crippen LogP contribution in [0.2, 0.25) is 0 Å². The van der Waals surface area contributed by atoms with Gasteiger partial charge >= 0.3 is 0 Å². The molecule has 4 N–H and O–H groups in total. The van der Waals surface area contributed by atoms with Crippen molar-refractivity contribution in [1.82, 2.24) is 19.9 Å². The minimum Gasteiger partial charge on any atom is -0.355 e. The molecule has 4 heteroatoms. The molecule has 5 heterocycles. The number of rotatable bonds is 0. The van der Waals surface area contributed by atoms with Gasteiger partial charge in [0.2, 0.25) is 0 Å². The lowest BCUT2D eigenvalue weighted by molar-refractivity contribution is 1.21. The summed E-state index contributed by atoms with van der Waals surface area (Å²) >= 11 is 0. The minimum absolute atomic E-state index is 1.15. The minimum atomic E-state index is 1.15. The Hall–Kier alpha value is -3.40. The van der Waals surface area contributed by atoms with Gasteiger partial charge in [0.15, 0.2) is 0 Å². The SMILES string of the molecule is Cc1c2[nH]c(c1C)C=c1[nH]c(c(C)c1C)=Cc1[nH]c(c(C)c1C)C=c1[nH]c(c(C)c1C)=C2. The summed E-state index contributed by atoms with van der Waals surface area (Å²) < 4.78 is 0. The molecule has 1 aliphatic heterocycles.